The predicted molar refractivity (Wildman–Crippen MR) is 70.0 cm³/mol. The lowest BCUT2D eigenvalue weighted by molar-refractivity contribution is 0.282. The van der Waals surface area contributed by atoms with Gasteiger partial charge in [0, 0.05) is 24.2 Å². The Labute approximate surface area is 106 Å². The maximum atomic E-state index is 13.2. The molecule has 1 N–H and O–H groups in total. The molecule has 0 atom stereocenters. The number of hydrogen-bond acceptors (Lipinski definition) is 2. The minimum atomic E-state index is -0.266. The van der Waals surface area contributed by atoms with Crippen LogP contribution in [0.4, 0.5) is 4.39 Å². The molecule has 0 radical (unpaired) electrons. The highest BCUT2D eigenvalue weighted by molar-refractivity contribution is 5.79. The SMILES string of the molecule is CCN(CCc1c[nH]c2ncc(F)cc12)C1CC1. The minimum absolute atomic E-state index is 0.266. The van der Waals surface area contributed by atoms with Gasteiger partial charge in [-0.25, -0.2) is 9.37 Å². The maximum Gasteiger partial charge on any atom is 0.142 e. The maximum absolute atomic E-state index is 13.2. The number of pyridine rings is 1. The molecule has 2 aromatic heterocycles. The lowest BCUT2D eigenvalue weighted by Crippen LogP contribution is -2.27. The number of nitrogens with zero attached hydrogens (tertiary/aromatic N) is 2. The van der Waals surface area contributed by atoms with Gasteiger partial charge in [0.05, 0.1) is 6.20 Å². The molecule has 1 aliphatic rings. The Morgan fingerprint density at radius 2 is 2.33 bits per heavy atom. The van der Waals surface area contributed by atoms with Crippen LogP contribution in [-0.2, 0) is 6.42 Å². The number of hydrogen-bond donors (Lipinski definition) is 1. The van der Waals surface area contributed by atoms with Crippen LogP contribution >= 0.6 is 0 Å². The molecule has 4 heteroatoms. The molecule has 3 nitrogen and oxygen atoms in total. The van der Waals surface area contributed by atoms with E-state index in [1.807, 2.05) is 6.20 Å². The molecule has 1 saturated carbocycles. The van der Waals surface area contributed by atoms with Crippen molar-refractivity contribution in [3.05, 3.63) is 29.8 Å². The van der Waals surface area contributed by atoms with Gasteiger partial charge >= 0.3 is 0 Å². The number of nitrogens with one attached hydrogen (secondary N) is 1. The highest BCUT2D eigenvalue weighted by Crippen LogP contribution is 2.27. The topological polar surface area (TPSA) is 31.9 Å². The van der Waals surface area contributed by atoms with Crippen molar-refractivity contribution in [2.75, 3.05) is 13.1 Å². The Morgan fingerprint density at radius 1 is 1.50 bits per heavy atom. The van der Waals surface area contributed by atoms with Gasteiger partial charge in [-0.3, -0.25) is 0 Å². The van der Waals surface area contributed by atoms with Crippen molar-refractivity contribution in [2.45, 2.75) is 32.2 Å². The molecular formula is C14H18FN3. The third-order valence-electron chi connectivity index (χ3n) is 3.72. The molecule has 0 bridgehead atoms. The van der Waals surface area contributed by atoms with Crippen molar-refractivity contribution in [1.82, 2.24) is 14.9 Å². The minimum Gasteiger partial charge on any atom is -0.346 e. The summed E-state index contributed by atoms with van der Waals surface area (Å²) in [7, 11) is 0. The first-order valence-corrected chi connectivity index (χ1v) is 6.63. The van der Waals surface area contributed by atoms with E-state index in [2.05, 4.69) is 21.8 Å². The van der Waals surface area contributed by atoms with Gasteiger partial charge in [-0.1, -0.05) is 6.92 Å². The highest BCUT2D eigenvalue weighted by atomic mass is 19.1. The second kappa shape index (κ2) is 4.69. The molecule has 1 aliphatic carbocycles. The van der Waals surface area contributed by atoms with Crippen LogP contribution in [0, 0.1) is 5.82 Å². The Hall–Kier alpha value is -1.42. The van der Waals surface area contributed by atoms with Gasteiger partial charge in [0.15, 0.2) is 0 Å². The van der Waals surface area contributed by atoms with Gasteiger partial charge in [-0.05, 0) is 37.4 Å². The molecule has 3 rings (SSSR count). The summed E-state index contributed by atoms with van der Waals surface area (Å²) in [5, 5.41) is 0.918. The van der Waals surface area contributed by atoms with E-state index in [4.69, 9.17) is 0 Å². The Morgan fingerprint density at radius 3 is 3.06 bits per heavy atom. The summed E-state index contributed by atoms with van der Waals surface area (Å²) in [6.07, 6.45) is 6.83. The van der Waals surface area contributed by atoms with Crippen LogP contribution in [0.15, 0.2) is 18.5 Å². The third-order valence-corrected chi connectivity index (χ3v) is 3.72. The van der Waals surface area contributed by atoms with E-state index >= 15 is 0 Å². The first kappa shape index (κ1) is 11.7. The van der Waals surface area contributed by atoms with Gasteiger partial charge in [0.2, 0.25) is 0 Å². The second-order valence-electron chi connectivity index (χ2n) is 4.97. The molecule has 0 aliphatic heterocycles. The highest BCUT2D eigenvalue weighted by Gasteiger charge is 2.27. The Bertz CT molecular complexity index is 545. The summed E-state index contributed by atoms with van der Waals surface area (Å²) >= 11 is 0. The van der Waals surface area contributed by atoms with Crippen molar-refractivity contribution in [1.29, 1.82) is 0 Å². The van der Waals surface area contributed by atoms with Gasteiger partial charge in [0.1, 0.15) is 11.5 Å². The van der Waals surface area contributed by atoms with Crippen molar-refractivity contribution in [2.24, 2.45) is 0 Å². The third kappa shape index (κ3) is 2.25. The van der Waals surface area contributed by atoms with E-state index < -0.39 is 0 Å². The number of fused-ring (bicyclic) bond motifs is 1. The normalized spacial score (nSPS) is 15.7. The lowest BCUT2D eigenvalue weighted by atomic mass is 10.1. The zero-order valence-electron chi connectivity index (χ0n) is 10.6. The summed E-state index contributed by atoms with van der Waals surface area (Å²) in [5.74, 6) is -0.266. The molecule has 0 aromatic carbocycles. The summed E-state index contributed by atoms with van der Waals surface area (Å²) < 4.78 is 13.2. The second-order valence-corrected chi connectivity index (χ2v) is 4.97. The summed E-state index contributed by atoms with van der Waals surface area (Å²) in [6.45, 7) is 4.35. The zero-order chi connectivity index (χ0) is 12.5. The van der Waals surface area contributed by atoms with E-state index in [9.17, 15) is 4.39 Å². The van der Waals surface area contributed by atoms with Gasteiger partial charge in [-0.2, -0.15) is 0 Å². The largest absolute Gasteiger partial charge is 0.346 e. The van der Waals surface area contributed by atoms with Crippen LogP contribution in [-0.4, -0.2) is 34.0 Å². The molecule has 2 aromatic rings. The molecule has 2 heterocycles. The average molecular weight is 247 g/mol. The number of aromatic nitrogens is 2. The summed E-state index contributed by atoms with van der Waals surface area (Å²) in [6, 6.07) is 2.36. The monoisotopic (exact) mass is 247 g/mol. The first-order chi connectivity index (χ1) is 8.78. The van der Waals surface area contributed by atoms with E-state index in [0.717, 1.165) is 42.1 Å². The predicted octanol–water partition coefficient (Wildman–Crippen LogP) is 2.73. The quantitative estimate of drug-likeness (QED) is 0.881. The molecular weight excluding hydrogens is 229 g/mol. The molecule has 18 heavy (non-hydrogen) atoms. The van der Waals surface area contributed by atoms with Crippen molar-refractivity contribution in [3.8, 4) is 0 Å². The molecule has 0 saturated heterocycles. The van der Waals surface area contributed by atoms with Gasteiger partial charge < -0.3 is 9.88 Å². The molecule has 0 spiro atoms. The van der Waals surface area contributed by atoms with E-state index in [1.54, 1.807) is 6.07 Å². The fraction of sp³-hybridized carbons (Fsp3) is 0.500. The number of rotatable bonds is 5. The molecule has 0 unspecified atom stereocenters. The van der Waals surface area contributed by atoms with Crippen LogP contribution in [0.25, 0.3) is 11.0 Å². The number of halogens is 1. The van der Waals surface area contributed by atoms with Crippen LogP contribution in [0.2, 0.25) is 0 Å². The lowest BCUT2D eigenvalue weighted by Gasteiger charge is -2.19. The smallest absolute Gasteiger partial charge is 0.142 e. The molecule has 0 amide bonds. The van der Waals surface area contributed by atoms with Crippen molar-refractivity contribution >= 4 is 11.0 Å². The van der Waals surface area contributed by atoms with E-state index in [-0.39, 0.29) is 5.82 Å². The van der Waals surface area contributed by atoms with Crippen LogP contribution < -0.4 is 0 Å². The van der Waals surface area contributed by atoms with Crippen LogP contribution in [0.1, 0.15) is 25.3 Å². The summed E-state index contributed by atoms with van der Waals surface area (Å²) in [5.41, 5.74) is 1.94. The average Bonchev–Trinajstić information content (AvgIpc) is 3.13. The number of H-pyrrole nitrogens is 1. The Kier molecular flexibility index (Phi) is 3.04. The van der Waals surface area contributed by atoms with Crippen LogP contribution in [0.5, 0.6) is 0 Å². The van der Waals surface area contributed by atoms with Crippen molar-refractivity contribution in [3.63, 3.8) is 0 Å². The van der Waals surface area contributed by atoms with Gasteiger partial charge in [0.25, 0.3) is 0 Å². The fourth-order valence-electron chi connectivity index (χ4n) is 2.54. The number of aromatic amines is 1. The zero-order valence-corrected chi connectivity index (χ0v) is 10.6. The Balaban J connectivity index is 1.75. The number of likely N-dealkylation sites (N-methyl/N-ethyl adjacent to an activating group) is 1. The molecule has 1 fully saturated rings. The van der Waals surface area contributed by atoms with E-state index in [0.29, 0.717) is 0 Å². The van der Waals surface area contributed by atoms with E-state index in [1.165, 1.54) is 19.0 Å². The van der Waals surface area contributed by atoms with Gasteiger partial charge in [-0.15, -0.1) is 0 Å². The van der Waals surface area contributed by atoms with Crippen molar-refractivity contribution < 1.29 is 4.39 Å². The molecule has 96 valence electrons. The first-order valence-electron chi connectivity index (χ1n) is 6.63. The van der Waals surface area contributed by atoms with Crippen LogP contribution in [0.3, 0.4) is 0 Å². The summed E-state index contributed by atoms with van der Waals surface area (Å²) in [4.78, 5) is 9.66. The fourth-order valence-corrected chi connectivity index (χ4v) is 2.54. The standard InChI is InChI=1S/C14H18FN3/c1-2-18(12-3-4-12)6-5-10-8-16-14-13(10)7-11(15)9-17-14/h7-9,12H,2-6H2,1H3,(H,16,17).